The highest BCUT2D eigenvalue weighted by molar-refractivity contribution is 7.89. The van der Waals surface area contributed by atoms with Crippen LogP contribution >= 0.6 is 11.3 Å². The Labute approximate surface area is 222 Å². The van der Waals surface area contributed by atoms with E-state index in [1.165, 1.54) is 27.8 Å². The second-order valence-corrected chi connectivity index (χ2v) is 12.1. The third kappa shape index (κ3) is 6.31. The molecule has 37 heavy (non-hydrogen) atoms. The molecule has 0 bridgehead atoms. The van der Waals surface area contributed by atoms with Gasteiger partial charge in [-0.25, -0.2) is 8.42 Å². The van der Waals surface area contributed by atoms with E-state index >= 15 is 0 Å². The van der Waals surface area contributed by atoms with E-state index in [2.05, 4.69) is 4.99 Å². The average Bonchev–Trinajstić information content (AvgIpc) is 3.25. The molecule has 0 spiro atoms. The number of rotatable bonds is 10. The van der Waals surface area contributed by atoms with Crippen molar-refractivity contribution in [3.63, 3.8) is 0 Å². The van der Waals surface area contributed by atoms with Crippen LogP contribution in [-0.4, -0.2) is 56.1 Å². The molecule has 0 aliphatic heterocycles. The van der Waals surface area contributed by atoms with Gasteiger partial charge in [-0.1, -0.05) is 30.6 Å². The first-order chi connectivity index (χ1) is 17.8. The Balaban J connectivity index is 1.61. The Hall–Kier alpha value is -2.53. The molecule has 0 N–H and O–H groups in total. The molecule has 3 aromatic rings. The minimum atomic E-state index is -3.62. The van der Waals surface area contributed by atoms with E-state index in [9.17, 15) is 13.2 Å². The van der Waals surface area contributed by atoms with Gasteiger partial charge < -0.3 is 14.0 Å². The van der Waals surface area contributed by atoms with Crippen LogP contribution in [0.15, 0.2) is 52.4 Å². The van der Waals surface area contributed by atoms with Crippen LogP contribution < -0.4 is 9.54 Å². The number of benzene rings is 2. The molecule has 1 amide bonds. The zero-order valence-corrected chi connectivity index (χ0v) is 23.3. The van der Waals surface area contributed by atoms with Crippen molar-refractivity contribution < 1.29 is 22.7 Å². The topological polar surface area (TPSA) is 90.2 Å². The van der Waals surface area contributed by atoms with Crippen LogP contribution in [0.2, 0.25) is 0 Å². The molecular weight excluding hydrogens is 510 g/mol. The molecular formula is C27H35N3O5S2. The molecule has 2 aromatic carbocycles. The van der Waals surface area contributed by atoms with E-state index in [4.69, 9.17) is 9.47 Å². The first-order valence-electron chi connectivity index (χ1n) is 12.9. The summed E-state index contributed by atoms with van der Waals surface area (Å²) in [6.45, 7) is 6.10. The summed E-state index contributed by atoms with van der Waals surface area (Å²) in [5.41, 5.74) is 1.29. The lowest BCUT2D eigenvalue weighted by Gasteiger charge is -2.30. The maximum atomic E-state index is 13.1. The zero-order chi connectivity index (χ0) is 26.4. The summed E-state index contributed by atoms with van der Waals surface area (Å²) in [5, 5.41) is 0. The van der Waals surface area contributed by atoms with Crippen LogP contribution in [0.1, 0.15) is 56.3 Å². The van der Waals surface area contributed by atoms with E-state index < -0.39 is 15.9 Å². The maximum absolute atomic E-state index is 13.1. The number of ether oxygens (including phenoxy) is 2. The van der Waals surface area contributed by atoms with Crippen molar-refractivity contribution in [2.45, 2.75) is 63.4 Å². The number of hydrogen-bond acceptors (Lipinski definition) is 6. The summed E-state index contributed by atoms with van der Waals surface area (Å²) in [6.07, 6.45) is 5.03. The van der Waals surface area contributed by atoms with Crippen LogP contribution in [0.4, 0.5) is 0 Å². The molecule has 10 heteroatoms. The number of carbonyl (C=O) groups excluding carboxylic acids is 1. The van der Waals surface area contributed by atoms with Crippen molar-refractivity contribution in [1.82, 2.24) is 8.87 Å². The van der Waals surface area contributed by atoms with Gasteiger partial charge in [-0.2, -0.15) is 9.30 Å². The highest BCUT2D eigenvalue weighted by Crippen LogP contribution is 2.27. The minimum absolute atomic E-state index is 0.0263. The number of amides is 1. The zero-order valence-electron chi connectivity index (χ0n) is 21.7. The Morgan fingerprint density at radius 2 is 1.81 bits per heavy atom. The fraction of sp³-hybridized carbons (Fsp3) is 0.481. The van der Waals surface area contributed by atoms with Crippen molar-refractivity contribution in [2.24, 2.45) is 4.99 Å². The van der Waals surface area contributed by atoms with Gasteiger partial charge in [-0.15, -0.1) is 0 Å². The predicted molar refractivity (Wildman–Crippen MR) is 146 cm³/mol. The van der Waals surface area contributed by atoms with Crippen molar-refractivity contribution in [3.8, 4) is 5.75 Å². The Kier molecular flexibility index (Phi) is 9.17. The number of fused-ring (bicyclic) bond motifs is 1. The summed E-state index contributed by atoms with van der Waals surface area (Å²) in [6, 6.07) is 11.9. The lowest BCUT2D eigenvalue weighted by molar-refractivity contribution is 0.0996. The molecule has 0 radical (unpaired) electrons. The van der Waals surface area contributed by atoms with Gasteiger partial charge in [0.25, 0.3) is 5.91 Å². The van der Waals surface area contributed by atoms with Crippen molar-refractivity contribution in [3.05, 3.63) is 52.8 Å². The third-order valence-corrected chi connectivity index (χ3v) is 9.66. The standard InChI is InChI=1S/C27H35N3O5S2/c1-4-34-18-17-30-24-16-13-22(35-5-2)19-25(24)36-27(30)28-26(31)20-11-14-23(15-12-20)37(32,33)29(3)21-9-7-6-8-10-21/h11-16,19,21H,4-10,17-18H2,1-3H3. The van der Waals surface area contributed by atoms with Gasteiger partial charge in [0.1, 0.15) is 5.75 Å². The van der Waals surface area contributed by atoms with Gasteiger partial charge in [-0.05, 0) is 69.2 Å². The molecule has 1 heterocycles. The predicted octanol–water partition coefficient (Wildman–Crippen LogP) is 4.83. The van der Waals surface area contributed by atoms with Gasteiger partial charge in [-0.3, -0.25) is 4.79 Å². The number of sulfonamides is 1. The molecule has 200 valence electrons. The summed E-state index contributed by atoms with van der Waals surface area (Å²) >= 11 is 1.41. The monoisotopic (exact) mass is 545 g/mol. The quantitative estimate of drug-likeness (QED) is 0.340. The maximum Gasteiger partial charge on any atom is 0.279 e. The lowest BCUT2D eigenvalue weighted by atomic mass is 9.96. The molecule has 1 aliphatic carbocycles. The summed E-state index contributed by atoms with van der Waals surface area (Å²) in [5.74, 6) is 0.340. The number of hydrogen-bond donors (Lipinski definition) is 0. The Morgan fingerprint density at radius 3 is 2.49 bits per heavy atom. The first kappa shape index (κ1) is 27.5. The van der Waals surface area contributed by atoms with E-state index in [-0.39, 0.29) is 10.9 Å². The molecule has 0 unspecified atom stereocenters. The molecule has 1 aromatic heterocycles. The molecule has 0 atom stereocenters. The van der Waals surface area contributed by atoms with Gasteiger partial charge in [0.05, 0.1) is 28.3 Å². The number of nitrogens with zero attached hydrogens (tertiary/aromatic N) is 3. The molecule has 1 fully saturated rings. The van der Waals surface area contributed by atoms with Gasteiger partial charge in [0.15, 0.2) is 4.80 Å². The highest BCUT2D eigenvalue weighted by atomic mass is 32.2. The molecule has 1 saturated carbocycles. The fourth-order valence-electron chi connectivity index (χ4n) is 4.64. The van der Waals surface area contributed by atoms with Gasteiger partial charge in [0, 0.05) is 31.8 Å². The Morgan fingerprint density at radius 1 is 1.08 bits per heavy atom. The molecule has 4 rings (SSSR count). The SMILES string of the molecule is CCOCCn1c(=NC(=O)c2ccc(S(=O)(=O)N(C)C3CCCCC3)cc2)sc2cc(OCC)ccc21. The minimum Gasteiger partial charge on any atom is -0.494 e. The van der Waals surface area contributed by atoms with E-state index in [0.717, 1.165) is 48.1 Å². The summed E-state index contributed by atoms with van der Waals surface area (Å²) < 4.78 is 41.9. The Bertz CT molecular complexity index is 1390. The highest BCUT2D eigenvalue weighted by Gasteiger charge is 2.29. The fourth-order valence-corrected chi connectivity index (χ4v) is 7.14. The largest absolute Gasteiger partial charge is 0.494 e. The van der Waals surface area contributed by atoms with Crippen LogP contribution in [0.25, 0.3) is 10.2 Å². The van der Waals surface area contributed by atoms with Crippen LogP contribution in [0.5, 0.6) is 5.75 Å². The van der Waals surface area contributed by atoms with Gasteiger partial charge in [0.2, 0.25) is 10.0 Å². The normalized spacial score (nSPS) is 15.5. The number of thiazole rings is 1. The van der Waals surface area contributed by atoms with E-state index in [1.807, 2.05) is 36.6 Å². The second-order valence-electron chi connectivity index (χ2n) is 9.05. The van der Waals surface area contributed by atoms with Crippen LogP contribution in [-0.2, 0) is 21.3 Å². The first-order valence-corrected chi connectivity index (χ1v) is 15.1. The van der Waals surface area contributed by atoms with Crippen molar-refractivity contribution in [1.29, 1.82) is 0 Å². The van der Waals surface area contributed by atoms with Crippen molar-refractivity contribution in [2.75, 3.05) is 26.9 Å². The second kappa shape index (κ2) is 12.3. The third-order valence-electron chi connectivity index (χ3n) is 6.69. The average molecular weight is 546 g/mol. The summed E-state index contributed by atoms with van der Waals surface area (Å²) in [4.78, 5) is 18.2. The number of aromatic nitrogens is 1. The van der Waals surface area contributed by atoms with Crippen LogP contribution in [0, 0.1) is 0 Å². The van der Waals surface area contributed by atoms with E-state index in [1.54, 1.807) is 19.2 Å². The van der Waals surface area contributed by atoms with E-state index in [0.29, 0.717) is 36.7 Å². The van der Waals surface area contributed by atoms with Gasteiger partial charge >= 0.3 is 0 Å². The van der Waals surface area contributed by atoms with Crippen molar-refractivity contribution >= 4 is 37.5 Å². The molecule has 0 saturated heterocycles. The molecule has 8 nitrogen and oxygen atoms in total. The van der Waals surface area contributed by atoms with Crippen LogP contribution in [0.3, 0.4) is 0 Å². The lowest BCUT2D eigenvalue weighted by Crippen LogP contribution is -2.38. The molecule has 1 aliphatic rings. The smallest absolute Gasteiger partial charge is 0.279 e. The summed E-state index contributed by atoms with van der Waals surface area (Å²) in [7, 11) is -1.97. The number of carbonyl (C=O) groups is 1.